The first kappa shape index (κ1) is 18.0. The van der Waals surface area contributed by atoms with Crippen molar-refractivity contribution >= 4 is 9.84 Å². The van der Waals surface area contributed by atoms with Gasteiger partial charge in [-0.05, 0) is 44.4 Å². The molecule has 0 amide bonds. The Kier molecular flexibility index (Phi) is 6.74. The van der Waals surface area contributed by atoms with Crippen molar-refractivity contribution in [3.63, 3.8) is 0 Å². The minimum Gasteiger partial charge on any atom is -0.310 e. The summed E-state index contributed by atoms with van der Waals surface area (Å²) in [5.41, 5.74) is 0.786. The van der Waals surface area contributed by atoms with Crippen LogP contribution in [-0.2, 0) is 9.84 Å². The molecule has 0 spiro atoms. The van der Waals surface area contributed by atoms with E-state index in [2.05, 4.69) is 5.32 Å². The Labute approximate surface area is 125 Å². The second kappa shape index (κ2) is 7.84. The molecule has 0 radical (unpaired) electrons. The van der Waals surface area contributed by atoms with Crippen LogP contribution in [0, 0.1) is 18.6 Å². The fraction of sp³-hybridized carbons (Fsp3) is 0.600. The Morgan fingerprint density at radius 1 is 1.24 bits per heavy atom. The molecular formula is C15H23F2NO2S. The van der Waals surface area contributed by atoms with Crippen molar-refractivity contribution in [3.05, 3.63) is 34.9 Å². The Morgan fingerprint density at radius 2 is 1.90 bits per heavy atom. The number of halogens is 2. The largest absolute Gasteiger partial charge is 0.310 e. The fourth-order valence-electron chi connectivity index (χ4n) is 2.18. The van der Waals surface area contributed by atoms with Gasteiger partial charge in [0.1, 0.15) is 21.5 Å². The molecule has 21 heavy (non-hydrogen) atoms. The molecule has 0 aliphatic rings. The van der Waals surface area contributed by atoms with Gasteiger partial charge in [-0.25, -0.2) is 17.2 Å². The van der Waals surface area contributed by atoms with Gasteiger partial charge in [-0.15, -0.1) is 0 Å². The average molecular weight is 319 g/mol. The number of hydrogen-bond donors (Lipinski definition) is 1. The van der Waals surface area contributed by atoms with Crippen molar-refractivity contribution in [3.8, 4) is 0 Å². The summed E-state index contributed by atoms with van der Waals surface area (Å²) >= 11 is 0. The number of benzene rings is 1. The molecule has 3 nitrogen and oxygen atoms in total. The molecular weight excluding hydrogens is 296 g/mol. The molecule has 1 aromatic rings. The Hall–Kier alpha value is -1.01. The summed E-state index contributed by atoms with van der Waals surface area (Å²) < 4.78 is 49.7. The third-order valence-electron chi connectivity index (χ3n) is 3.30. The molecule has 0 saturated heterocycles. The number of rotatable bonds is 8. The minimum atomic E-state index is -3.03. The summed E-state index contributed by atoms with van der Waals surface area (Å²) in [5, 5.41) is 3.20. The maximum atomic E-state index is 14.0. The first-order valence-corrected chi connectivity index (χ1v) is 9.17. The van der Waals surface area contributed by atoms with Crippen LogP contribution in [0.1, 0.15) is 43.4 Å². The monoisotopic (exact) mass is 319 g/mol. The van der Waals surface area contributed by atoms with Crippen molar-refractivity contribution in [2.75, 3.05) is 18.6 Å². The van der Waals surface area contributed by atoms with Crippen LogP contribution in [-0.4, -0.2) is 27.0 Å². The zero-order valence-electron chi connectivity index (χ0n) is 12.7. The molecule has 0 aliphatic heterocycles. The van der Waals surface area contributed by atoms with E-state index in [1.54, 1.807) is 6.92 Å². The standard InChI is InChI=1S/C15H23F2NO2S/c1-4-7-18-15(6-5-8-21(3,19)20)12-9-11(2)13(16)10-14(12)17/h9-10,15,18H,4-8H2,1-3H3. The van der Waals surface area contributed by atoms with Crippen LogP contribution in [0.4, 0.5) is 8.78 Å². The van der Waals surface area contributed by atoms with Gasteiger partial charge in [0.05, 0.1) is 0 Å². The number of sulfone groups is 1. The maximum absolute atomic E-state index is 14.0. The van der Waals surface area contributed by atoms with Crippen LogP contribution >= 0.6 is 0 Å². The highest BCUT2D eigenvalue weighted by Gasteiger charge is 2.17. The van der Waals surface area contributed by atoms with Crippen LogP contribution in [0.25, 0.3) is 0 Å². The van der Waals surface area contributed by atoms with E-state index >= 15 is 0 Å². The lowest BCUT2D eigenvalue weighted by Crippen LogP contribution is -2.24. The normalized spacial score (nSPS) is 13.4. The van der Waals surface area contributed by atoms with Crippen molar-refractivity contribution in [1.82, 2.24) is 5.32 Å². The van der Waals surface area contributed by atoms with E-state index in [0.29, 0.717) is 30.5 Å². The summed E-state index contributed by atoms with van der Waals surface area (Å²) in [4.78, 5) is 0. The lowest BCUT2D eigenvalue weighted by molar-refractivity contribution is 0.464. The summed E-state index contributed by atoms with van der Waals surface area (Å²) in [5.74, 6) is -1.09. The van der Waals surface area contributed by atoms with Crippen molar-refractivity contribution in [2.45, 2.75) is 39.2 Å². The van der Waals surface area contributed by atoms with Gasteiger partial charge in [0.25, 0.3) is 0 Å². The first-order chi connectivity index (χ1) is 9.74. The van der Waals surface area contributed by atoms with E-state index in [4.69, 9.17) is 0 Å². The SMILES string of the molecule is CCCNC(CCCS(C)(=O)=O)c1cc(C)c(F)cc1F. The third kappa shape index (κ3) is 6.09. The topological polar surface area (TPSA) is 46.2 Å². The zero-order chi connectivity index (χ0) is 16.0. The van der Waals surface area contributed by atoms with Gasteiger partial charge < -0.3 is 5.32 Å². The molecule has 1 atom stereocenters. The lowest BCUT2D eigenvalue weighted by Gasteiger charge is -2.20. The first-order valence-electron chi connectivity index (χ1n) is 7.11. The van der Waals surface area contributed by atoms with Gasteiger partial charge in [0.2, 0.25) is 0 Å². The molecule has 1 N–H and O–H groups in total. The second-order valence-corrected chi connectivity index (χ2v) is 7.66. The molecule has 1 aromatic carbocycles. The van der Waals surface area contributed by atoms with Crippen LogP contribution in [0.3, 0.4) is 0 Å². The molecule has 0 aromatic heterocycles. The molecule has 6 heteroatoms. The van der Waals surface area contributed by atoms with E-state index in [-0.39, 0.29) is 11.8 Å². The molecule has 120 valence electrons. The number of aryl methyl sites for hydroxylation is 1. The summed E-state index contributed by atoms with van der Waals surface area (Å²) in [6, 6.07) is 2.09. The van der Waals surface area contributed by atoms with E-state index < -0.39 is 21.5 Å². The van der Waals surface area contributed by atoms with Gasteiger partial charge in [-0.1, -0.05) is 6.92 Å². The molecule has 1 unspecified atom stereocenters. The second-order valence-electron chi connectivity index (χ2n) is 5.40. The zero-order valence-corrected chi connectivity index (χ0v) is 13.6. The highest BCUT2D eigenvalue weighted by atomic mass is 32.2. The van der Waals surface area contributed by atoms with Crippen LogP contribution in [0.2, 0.25) is 0 Å². The van der Waals surface area contributed by atoms with Crippen molar-refractivity contribution < 1.29 is 17.2 Å². The highest BCUT2D eigenvalue weighted by molar-refractivity contribution is 7.90. The summed E-state index contributed by atoms with van der Waals surface area (Å²) in [6.07, 6.45) is 3.00. The summed E-state index contributed by atoms with van der Waals surface area (Å²) in [6.45, 7) is 4.28. The van der Waals surface area contributed by atoms with E-state index in [1.807, 2.05) is 6.92 Å². The van der Waals surface area contributed by atoms with Crippen LogP contribution in [0.5, 0.6) is 0 Å². The predicted molar refractivity (Wildman–Crippen MR) is 81.1 cm³/mol. The maximum Gasteiger partial charge on any atom is 0.147 e. The Morgan fingerprint density at radius 3 is 2.48 bits per heavy atom. The molecule has 0 saturated carbocycles. The smallest absolute Gasteiger partial charge is 0.147 e. The Balaban J connectivity index is 2.88. The van der Waals surface area contributed by atoms with Gasteiger partial charge in [-0.3, -0.25) is 0 Å². The predicted octanol–water partition coefficient (Wildman–Crippen LogP) is 3.14. The molecule has 0 aliphatic carbocycles. The van der Waals surface area contributed by atoms with Gasteiger partial charge >= 0.3 is 0 Å². The van der Waals surface area contributed by atoms with Crippen LogP contribution in [0.15, 0.2) is 12.1 Å². The molecule has 1 rings (SSSR count). The minimum absolute atomic E-state index is 0.0686. The fourth-order valence-corrected chi connectivity index (χ4v) is 2.87. The van der Waals surface area contributed by atoms with E-state index in [9.17, 15) is 17.2 Å². The number of nitrogens with one attached hydrogen (secondary N) is 1. The highest BCUT2D eigenvalue weighted by Crippen LogP contribution is 2.24. The summed E-state index contributed by atoms with van der Waals surface area (Å²) in [7, 11) is -3.03. The van der Waals surface area contributed by atoms with E-state index in [1.165, 1.54) is 12.3 Å². The average Bonchev–Trinajstić information content (AvgIpc) is 2.37. The quantitative estimate of drug-likeness (QED) is 0.801. The van der Waals surface area contributed by atoms with Gasteiger partial charge in [0, 0.05) is 29.7 Å². The molecule has 0 heterocycles. The van der Waals surface area contributed by atoms with Gasteiger partial charge in [0.15, 0.2) is 0 Å². The molecule has 0 fully saturated rings. The number of hydrogen-bond acceptors (Lipinski definition) is 3. The lowest BCUT2D eigenvalue weighted by atomic mass is 9.99. The van der Waals surface area contributed by atoms with Crippen LogP contribution < -0.4 is 5.32 Å². The Bertz CT molecular complexity index is 573. The molecule has 0 bridgehead atoms. The van der Waals surface area contributed by atoms with E-state index in [0.717, 1.165) is 12.5 Å². The van der Waals surface area contributed by atoms with Gasteiger partial charge in [-0.2, -0.15) is 0 Å². The van der Waals surface area contributed by atoms with Crippen molar-refractivity contribution in [2.24, 2.45) is 0 Å². The third-order valence-corrected chi connectivity index (χ3v) is 4.33. The van der Waals surface area contributed by atoms with Crippen molar-refractivity contribution in [1.29, 1.82) is 0 Å².